The average Bonchev–Trinajstić information content (AvgIpc) is 3.52. The lowest BCUT2D eigenvalue weighted by molar-refractivity contribution is -0.148. The Morgan fingerprint density at radius 3 is 2.67 bits per heavy atom. The highest BCUT2D eigenvalue weighted by molar-refractivity contribution is 6.32. The van der Waals surface area contributed by atoms with Crippen LogP contribution in [0.2, 0.25) is 5.02 Å². The second-order valence-corrected chi connectivity index (χ2v) is 10.3. The quantitative estimate of drug-likeness (QED) is 0.257. The number of rotatable bonds is 5. The van der Waals surface area contributed by atoms with Gasteiger partial charge in [0.2, 0.25) is 0 Å². The van der Waals surface area contributed by atoms with Gasteiger partial charge in [-0.1, -0.05) is 23.7 Å². The van der Waals surface area contributed by atoms with Crippen molar-refractivity contribution in [2.75, 3.05) is 24.6 Å². The Labute approximate surface area is 229 Å². The van der Waals surface area contributed by atoms with Crippen molar-refractivity contribution in [3.63, 3.8) is 0 Å². The number of carbonyl (C=O) groups excluding carboxylic acids is 1. The van der Waals surface area contributed by atoms with Crippen LogP contribution in [-0.4, -0.2) is 50.2 Å². The summed E-state index contributed by atoms with van der Waals surface area (Å²) in [7, 11) is 1.87. The summed E-state index contributed by atoms with van der Waals surface area (Å²) in [6, 6.07) is 11.2. The maximum absolute atomic E-state index is 14.9. The molecule has 0 atom stereocenters. The molecule has 8 nitrogen and oxygen atoms in total. The maximum Gasteiger partial charge on any atom is 0.309 e. The molecule has 0 saturated carbocycles. The Morgan fingerprint density at radius 2 is 1.95 bits per heavy atom. The smallest absolute Gasteiger partial charge is 0.309 e. The molecule has 5 aromatic rings. The lowest BCUT2D eigenvalue weighted by Gasteiger charge is -2.31. The summed E-state index contributed by atoms with van der Waals surface area (Å²) in [5.74, 6) is 0.167. The molecule has 0 amide bonds. The van der Waals surface area contributed by atoms with Crippen LogP contribution in [0.3, 0.4) is 0 Å². The van der Waals surface area contributed by atoms with E-state index in [1.807, 2.05) is 50.5 Å². The van der Waals surface area contributed by atoms with Crippen molar-refractivity contribution in [2.24, 2.45) is 13.0 Å². The van der Waals surface area contributed by atoms with Gasteiger partial charge in [0.1, 0.15) is 17.3 Å². The van der Waals surface area contributed by atoms with Crippen molar-refractivity contribution in [2.45, 2.75) is 26.7 Å². The molecule has 4 heterocycles. The Kier molecular flexibility index (Phi) is 6.46. The summed E-state index contributed by atoms with van der Waals surface area (Å²) in [6.07, 6.45) is 5.18. The van der Waals surface area contributed by atoms with Gasteiger partial charge in [0, 0.05) is 42.7 Å². The van der Waals surface area contributed by atoms with Gasteiger partial charge in [-0.25, -0.2) is 14.1 Å². The highest BCUT2D eigenvalue weighted by atomic mass is 35.5. The van der Waals surface area contributed by atoms with Crippen molar-refractivity contribution < 1.29 is 13.9 Å². The largest absolute Gasteiger partial charge is 0.466 e. The number of benzene rings is 2. The number of ether oxygens (including phenoxy) is 1. The van der Waals surface area contributed by atoms with Crippen LogP contribution >= 0.6 is 11.6 Å². The van der Waals surface area contributed by atoms with E-state index in [-0.39, 0.29) is 16.9 Å². The Hall–Kier alpha value is -3.98. The van der Waals surface area contributed by atoms with Crippen molar-refractivity contribution in [3.8, 4) is 16.9 Å². The fourth-order valence-electron chi connectivity index (χ4n) is 5.45. The molecule has 1 fully saturated rings. The molecule has 0 N–H and O–H groups in total. The molecule has 6 rings (SSSR count). The van der Waals surface area contributed by atoms with E-state index >= 15 is 0 Å². The van der Waals surface area contributed by atoms with Gasteiger partial charge in [-0.3, -0.25) is 9.48 Å². The molecule has 1 saturated heterocycles. The Bertz CT molecular complexity index is 1700. The Morgan fingerprint density at radius 1 is 1.15 bits per heavy atom. The molecule has 1 aliphatic heterocycles. The summed E-state index contributed by atoms with van der Waals surface area (Å²) >= 11 is 6.37. The summed E-state index contributed by atoms with van der Waals surface area (Å²) < 4.78 is 23.6. The number of aromatic nitrogens is 5. The summed E-state index contributed by atoms with van der Waals surface area (Å²) in [4.78, 5) is 19.0. The predicted octanol–water partition coefficient (Wildman–Crippen LogP) is 5.85. The van der Waals surface area contributed by atoms with E-state index in [4.69, 9.17) is 26.4 Å². The van der Waals surface area contributed by atoms with Gasteiger partial charge in [-0.05, 0) is 56.5 Å². The number of aryl methyl sites for hydroxylation is 2. The molecule has 0 bridgehead atoms. The SMILES string of the molecule is CCOC(=O)C1CCN(c2ccc(-n3nc(-c4cccc5nn(C)cc45)c4cc(F)c(Cl)c(C)c43)cn2)CC1. The highest BCUT2D eigenvalue weighted by Gasteiger charge is 2.27. The van der Waals surface area contributed by atoms with E-state index in [1.165, 1.54) is 6.07 Å². The third kappa shape index (κ3) is 4.40. The topological polar surface area (TPSA) is 78.1 Å². The summed E-state index contributed by atoms with van der Waals surface area (Å²) in [5.41, 5.74) is 4.41. The van der Waals surface area contributed by atoms with Crippen molar-refractivity contribution in [1.82, 2.24) is 24.5 Å². The van der Waals surface area contributed by atoms with Gasteiger partial charge in [-0.2, -0.15) is 10.2 Å². The first-order chi connectivity index (χ1) is 18.9. The number of hydrogen-bond donors (Lipinski definition) is 0. The summed E-state index contributed by atoms with van der Waals surface area (Å²) in [6.45, 7) is 5.49. The van der Waals surface area contributed by atoms with Crippen LogP contribution in [0.4, 0.5) is 10.2 Å². The first-order valence-corrected chi connectivity index (χ1v) is 13.4. The molecule has 3 aromatic heterocycles. The average molecular weight is 547 g/mol. The molecule has 39 heavy (non-hydrogen) atoms. The van der Waals surface area contributed by atoms with Crippen LogP contribution in [0.1, 0.15) is 25.3 Å². The van der Waals surface area contributed by atoms with Crippen molar-refractivity contribution in [3.05, 3.63) is 65.2 Å². The van der Waals surface area contributed by atoms with Crippen LogP contribution in [0, 0.1) is 18.7 Å². The number of halogens is 2. The first kappa shape index (κ1) is 25.3. The van der Waals surface area contributed by atoms with Crippen molar-refractivity contribution in [1.29, 1.82) is 0 Å². The zero-order valence-corrected chi connectivity index (χ0v) is 22.7. The highest BCUT2D eigenvalue weighted by Crippen LogP contribution is 2.38. The van der Waals surface area contributed by atoms with Crippen LogP contribution < -0.4 is 4.90 Å². The fourth-order valence-corrected chi connectivity index (χ4v) is 5.59. The van der Waals surface area contributed by atoms with Gasteiger partial charge < -0.3 is 9.64 Å². The predicted molar refractivity (Wildman–Crippen MR) is 150 cm³/mol. The zero-order valence-electron chi connectivity index (χ0n) is 22.0. The number of esters is 1. The second kappa shape index (κ2) is 9.96. The first-order valence-electron chi connectivity index (χ1n) is 13.0. The molecule has 2 aromatic carbocycles. The molecule has 10 heteroatoms. The lowest BCUT2D eigenvalue weighted by Crippen LogP contribution is -2.37. The molecular formula is C29H28ClFN6O2. The molecule has 0 aliphatic carbocycles. The van der Waals surface area contributed by atoms with E-state index in [2.05, 4.69) is 10.00 Å². The van der Waals surface area contributed by atoms with Crippen molar-refractivity contribution >= 4 is 45.2 Å². The van der Waals surface area contributed by atoms with Crippen LogP contribution in [0.15, 0.2) is 48.8 Å². The molecule has 1 aliphatic rings. The van der Waals surface area contributed by atoms with Gasteiger partial charge >= 0.3 is 5.97 Å². The van der Waals surface area contributed by atoms with E-state index in [9.17, 15) is 9.18 Å². The zero-order chi connectivity index (χ0) is 27.3. The molecular weight excluding hydrogens is 519 g/mol. The Balaban J connectivity index is 1.39. The number of fused-ring (bicyclic) bond motifs is 2. The monoisotopic (exact) mass is 546 g/mol. The van der Waals surface area contributed by atoms with Gasteiger partial charge in [-0.15, -0.1) is 0 Å². The van der Waals surface area contributed by atoms with Gasteiger partial charge in [0.05, 0.1) is 40.5 Å². The number of piperidine rings is 1. The maximum atomic E-state index is 14.9. The number of hydrogen-bond acceptors (Lipinski definition) is 6. The number of carbonyl (C=O) groups is 1. The van der Waals surface area contributed by atoms with Crippen LogP contribution in [0.5, 0.6) is 0 Å². The number of pyridine rings is 1. The molecule has 200 valence electrons. The molecule has 0 spiro atoms. The minimum absolute atomic E-state index is 0.0632. The van der Waals surface area contributed by atoms with Gasteiger partial charge in [0.25, 0.3) is 0 Å². The van der Waals surface area contributed by atoms with E-state index in [0.717, 1.165) is 59.4 Å². The minimum atomic E-state index is -0.486. The molecule has 0 unspecified atom stereocenters. The third-order valence-corrected chi connectivity index (χ3v) is 7.89. The van der Waals surface area contributed by atoms with E-state index < -0.39 is 5.82 Å². The fraction of sp³-hybridized carbons (Fsp3) is 0.310. The molecule has 0 radical (unpaired) electrons. The summed E-state index contributed by atoms with van der Waals surface area (Å²) in [5, 5.41) is 11.2. The van der Waals surface area contributed by atoms with E-state index in [0.29, 0.717) is 23.3 Å². The van der Waals surface area contributed by atoms with Crippen LogP contribution in [-0.2, 0) is 16.6 Å². The third-order valence-electron chi connectivity index (χ3n) is 7.42. The number of nitrogens with zero attached hydrogens (tertiary/aromatic N) is 6. The minimum Gasteiger partial charge on any atom is -0.466 e. The van der Waals surface area contributed by atoms with Gasteiger partial charge in [0.15, 0.2) is 0 Å². The normalized spacial score (nSPS) is 14.4. The van der Waals surface area contributed by atoms with E-state index in [1.54, 1.807) is 22.5 Å². The lowest BCUT2D eigenvalue weighted by atomic mass is 9.97. The standard InChI is InChI=1S/C29H28ClFN6O2/c1-4-39-29(38)18-10-12-36(13-11-18)25-9-8-19(15-32-25)37-28-17(2)26(30)23(31)14-21(28)27(34-37)20-6-5-7-24-22(20)16-35(3)33-24/h5-9,14-16,18H,4,10-13H2,1-3H3. The van der Waals surface area contributed by atoms with Crippen LogP contribution in [0.25, 0.3) is 38.8 Å². The number of anilines is 1. The second-order valence-electron chi connectivity index (χ2n) is 9.88.